The molecule has 0 aliphatic carbocycles. The average Bonchev–Trinajstić information content (AvgIpc) is 2.27. The van der Waals surface area contributed by atoms with Gasteiger partial charge in [0.2, 0.25) is 5.91 Å². The Morgan fingerprint density at radius 2 is 1.88 bits per heavy atom. The lowest BCUT2D eigenvalue weighted by atomic mass is 9.89. The molecule has 0 aliphatic rings. The molecular weight excluding hydrogens is 214 g/mol. The predicted octanol–water partition coefficient (Wildman–Crippen LogP) is 1.68. The van der Waals surface area contributed by atoms with Gasteiger partial charge in [-0.05, 0) is 47.1 Å². The van der Waals surface area contributed by atoms with Crippen LogP contribution in [0.4, 0.5) is 0 Å². The van der Waals surface area contributed by atoms with Crippen LogP contribution in [0.3, 0.4) is 0 Å². The fraction of sp³-hybridized carbons (Fsp3) is 0.846. The molecule has 0 radical (unpaired) electrons. The second-order valence-corrected chi connectivity index (χ2v) is 5.74. The molecule has 4 heteroatoms. The van der Waals surface area contributed by atoms with Crippen molar-refractivity contribution in [1.82, 2.24) is 10.6 Å². The molecule has 2 N–H and O–H groups in total. The molecule has 0 atom stereocenters. The van der Waals surface area contributed by atoms with Gasteiger partial charge in [0.25, 0.3) is 0 Å². The third-order valence-corrected chi connectivity index (χ3v) is 2.87. The van der Waals surface area contributed by atoms with Gasteiger partial charge in [-0.2, -0.15) is 5.26 Å². The monoisotopic (exact) mass is 239 g/mol. The second-order valence-electron chi connectivity index (χ2n) is 5.74. The van der Waals surface area contributed by atoms with E-state index in [0.29, 0.717) is 6.54 Å². The Bertz CT molecular complexity index is 290. The summed E-state index contributed by atoms with van der Waals surface area (Å²) in [5.41, 5.74) is -0.641. The fourth-order valence-corrected chi connectivity index (χ4v) is 1.53. The number of carbonyl (C=O) groups excluding carboxylic acids is 1. The maximum absolute atomic E-state index is 11.5. The molecule has 0 fully saturated rings. The van der Waals surface area contributed by atoms with Crippen molar-refractivity contribution < 1.29 is 4.79 Å². The van der Waals surface area contributed by atoms with E-state index in [9.17, 15) is 4.79 Å². The largest absolute Gasteiger partial charge is 0.359 e. The molecule has 0 spiro atoms. The topological polar surface area (TPSA) is 64.9 Å². The molecule has 0 aromatic rings. The highest BCUT2D eigenvalue weighted by atomic mass is 16.2. The quantitative estimate of drug-likeness (QED) is 0.664. The number of carbonyl (C=O) groups is 1. The average molecular weight is 239 g/mol. The van der Waals surface area contributed by atoms with Gasteiger partial charge in [-0.1, -0.05) is 0 Å². The van der Waals surface area contributed by atoms with E-state index in [2.05, 4.69) is 16.7 Å². The molecule has 17 heavy (non-hydrogen) atoms. The third kappa shape index (κ3) is 6.28. The van der Waals surface area contributed by atoms with E-state index in [-0.39, 0.29) is 16.7 Å². The first-order chi connectivity index (χ1) is 7.75. The number of nitrogens with one attached hydrogen (secondary N) is 2. The second kappa shape index (κ2) is 6.61. The lowest BCUT2D eigenvalue weighted by Gasteiger charge is -2.23. The van der Waals surface area contributed by atoms with Crippen LogP contribution in [0.1, 0.15) is 40.5 Å². The van der Waals surface area contributed by atoms with E-state index in [1.807, 2.05) is 27.7 Å². The van der Waals surface area contributed by atoms with E-state index in [0.717, 1.165) is 19.4 Å². The van der Waals surface area contributed by atoms with Crippen molar-refractivity contribution in [2.75, 3.05) is 20.1 Å². The van der Waals surface area contributed by atoms with Crippen LogP contribution in [0.2, 0.25) is 0 Å². The van der Waals surface area contributed by atoms with Gasteiger partial charge in [0.1, 0.15) is 0 Å². The van der Waals surface area contributed by atoms with E-state index >= 15 is 0 Å². The molecule has 1 amide bonds. The summed E-state index contributed by atoms with van der Waals surface area (Å²) >= 11 is 0. The summed E-state index contributed by atoms with van der Waals surface area (Å²) in [5, 5.41) is 14.8. The van der Waals surface area contributed by atoms with Crippen LogP contribution in [-0.2, 0) is 4.79 Å². The van der Waals surface area contributed by atoms with Crippen molar-refractivity contribution in [1.29, 1.82) is 5.26 Å². The Labute approximate surface area is 105 Å². The number of nitrogens with zero attached hydrogens (tertiary/aromatic N) is 1. The number of rotatable bonds is 7. The van der Waals surface area contributed by atoms with Crippen molar-refractivity contribution in [3.63, 3.8) is 0 Å². The Morgan fingerprint density at radius 1 is 1.29 bits per heavy atom. The van der Waals surface area contributed by atoms with Gasteiger partial charge >= 0.3 is 0 Å². The van der Waals surface area contributed by atoms with Crippen LogP contribution in [0, 0.1) is 22.2 Å². The van der Waals surface area contributed by atoms with Gasteiger partial charge in [0, 0.05) is 13.6 Å². The first kappa shape index (κ1) is 15.9. The zero-order valence-corrected chi connectivity index (χ0v) is 11.7. The van der Waals surface area contributed by atoms with E-state index < -0.39 is 0 Å². The molecule has 0 saturated heterocycles. The molecular formula is C13H25N3O. The van der Waals surface area contributed by atoms with Crippen molar-refractivity contribution in [3.8, 4) is 6.07 Å². The van der Waals surface area contributed by atoms with Gasteiger partial charge in [0.05, 0.1) is 16.9 Å². The highest BCUT2D eigenvalue weighted by Gasteiger charge is 2.25. The molecule has 4 nitrogen and oxygen atoms in total. The molecule has 0 saturated carbocycles. The molecule has 0 rings (SSSR count). The van der Waals surface area contributed by atoms with Crippen LogP contribution >= 0.6 is 0 Å². The number of hydrogen-bond acceptors (Lipinski definition) is 3. The van der Waals surface area contributed by atoms with E-state index in [1.165, 1.54) is 0 Å². The molecule has 0 bridgehead atoms. The summed E-state index contributed by atoms with van der Waals surface area (Å²) in [4.78, 5) is 11.5. The van der Waals surface area contributed by atoms with E-state index in [1.54, 1.807) is 7.05 Å². The predicted molar refractivity (Wildman–Crippen MR) is 69.3 cm³/mol. The maximum Gasteiger partial charge on any atom is 0.226 e. The summed E-state index contributed by atoms with van der Waals surface area (Å²) in [5.74, 6) is 0.0438. The minimum absolute atomic E-state index is 0.0438. The Balaban J connectivity index is 3.80. The molecule has 0 unspecified atom stereocenters. The number of nitriles is 1. The van der Waals surface area contributed by atoms with Crippen LogP contribution < -0.4 is 10.6 Å². The van der Waals surface area contributed by atoms with Crippen molar-refractivity contribution in [2.24, 2.45) is 10.8 Å². The van der Waals surface area contributed by atoms with Gasteiger partial charge in [-0.15, -0.1) is 0 Å². The van der Waals surface area contributed by atoms with Crippen molar-refractivity contribution in [3.05, 3.63) is 0 Å². The Morgan fingerprint density at radius 3 is 2.35 bits per heavy atom. The highest BCUT2D eigenvalue weighted by molar-refractivity contribution is 5.81. The van der Waals surface area contributed by atoms with E-state index in [4.69, 9.17) is 5.26 Å². The Kier molecular flexibility index (Phi) is 6.19. The maximum atomic E-state index is 11.5. The van der Waals surface area contributed by atoms with Crippen LogP contribution in [0.5, 0.6) is 0 Å². The number of amides is 1. The zero-order valence-electron chi connectivity index (χ0n) is 11.7. The molecule has 98 valence electrons. The lowest BCUT2D eigenvalue weighted by Crippen LogP contribution is -2.42. The lowest BCUT2D eigenvalue weighted by molar-refractivity contribution is -0.128. The summed E-state index contributed by atoms with van der Waals surface area (Å²) < 4.78 is 0. The summed E-state index contributed by atoms with van der Waals surface area (Å²) in [6.45, 7) is 9.21. The van der Waals surface area contributed by atoms with Crippen LogP contribution in [0.25, 0.3) is 0 Å². The Hall–Kier alpha value is -1.08. The van der Waals surface area contributed by atoms with Crippen molar-refractivity contribution in [2.45, 2.75) is 40.5 Å². The van der Waals surface area contributed by atoms with Gasteiger partial charge in [-0.25, -0.2) is 0 Å². The summed E-state index contributed by atoms with van der Waals surface area (Å²) in [6.07, 6.45) is 1.82. The van der Waals surface area contributed by atoms with Gasteiger partial charge < -0.3 is 10.6 Å². The molecule has 0 aromatic heterocycles. The van der Waals surface area contributed by atoms with Crippen LogP contribution in [0.15, 0.2) is 0 Å². The molecule has 0 aliphatic heterocycles. The van der Waals surface area contributed by atoms with Crippen molar-refractivity contribution >= 4 is 5.91 Å². The minimum atomic E-state index is -0.389. The summed E-state index contributed by atoms with van der Waals surface area (Å²) in [6, 6.07) is 2.28. The van der Waals surface area contributed by atoms with Gasteiger partial charge in [-0.3, -0.25) is 4.79 Å². The summed E-state index contributed by atoms with van der Waals surface area (Å²) in [7, 11) is 1.65. The first-order valence-corrected chi connectivity index (χ1v) is 6.09. The fourth-order valence-electron chi connectivity index (χ4n) is 1.53. The standard InChI is InChI=1S/C13H25N3O/c1-12(2,9-14)7-6-8-16-10-13(3,4)11(17)15-5/h16H,6-8,10H2,1-5H3,(H,15,17). The third-order valence-electron chi connectivity index (χ3n) is 2.87. The highest BCUT2D eigenvalue weighted by Crippen LogP contribution is 2.20. The molecule has 0 heterocycles. The molecule has 0 aromatic carbocycles. The number of hydrogen-bond donors (Lipinski definition) is 2. The smallest absolute Gasteiger partial charge is 0.226 e. The first-order valence-electron chi connectivity index (χ1n) is 6.09. The SMILES string of the molecule is CNC(=O)C(C)(C)CNCCCC(C)(C)C#N. The van der Waals surface area contributed by atoms with Gasteiger partial charge in [0.15, 0.2) is 0 Å². The minimum Gasteiger partial charge on any atom is -0.359 e. The normalized spacial score (nSPS) is 12.0. The van der Waals surface area contributed by atoms with Crippen LogP contribution in [-0.4, -0.2) is 26.0 Å². The zero-order chi connectivity index (χ0) is 13.5.